The quantitative estimate of drug-likeness (QED) is 0.585. The summed E-state index contributed by atoms with van der Waals surface area (Å²) < 4.78 is 7.50. The van der Waals surface area contributed by atoms with Crippen LogP contribution in [0.4, 0.5) is 10.6 Å². The third kappa shape index (κ3) is 4.43. The molecule has 6 rings (SSSR count). The van der Waals surface area contributed by atoms with E-state index in [1.165, 1.54) is 0 Å². The maximum Gasteiger partial charge on any atom is 0.320 e. The first-order valence-corrected chi connectivity index (χ1v) is 12.7. The lowest BCUT2D eigenvalue weighted by atomic mass is 10.0. The largest absolute Gasteiger partial charge is 0.378 e. The molecule has 192 valence electrons. The van der Waals surface area contributed by atoms with Gasteiger partial charge in [0.05, 0.1) is 13.2 Å². The van der Waals surface area contributed by atoms with E-state index in [9.17, 15) is 9.59 Å². The van der Waals surface area contributed by atoms with Gasteiger partial charge in [0, 0.05) is 44.3 Å². The number of morpholine rings is 1. The minimum absolute atomic E-state index is 0.0147. The van der Waals surface area contributed by atoms with E-state index >= 15 is 0 Å². The molecule has 0 unspecified atom stereocenters. The molecule has 3 amide bonds. The lowest BCUT2D eigenvalue weighted by Gasteiger charge is -2.35. The second-order valence-corrected chi connectivity index (χ2v) is 10.3. The number of aromatic nitrogens is 5. The van der Waals surface area contributed by atoms with Crippen LogP contribution in [0.1, 0.15) is 47.7 Å². The Bertz CT molecular complexity index is 1360. The summed E-state index contributed by atoms with van der Waals surface area (Å²) >= 11 is 0. The summed E-state index contributed by atoms with van der Waals surface area (Å²) in [6, 6.07) is 7.26. The molecular formula is C26H30N8O3. The summed E-state index contributed by atoms with van der Waals surface area (Å²) in [6.45, 7) is 7.76. The average Bonchev–Trinajstić information content (AvgIpc) is 3.49. The van der Waals surface area contributed by atoms with E-state index in [0.29, 0.717) is 63.1 Å². The van der Waals surface area contributed by atoms with Crippen molar-refractivity contribution in [2.45, 2.75) is 45.2 Å². The summed E-state index contributed by atoms with van der Waals surface area (Å²) in [7, 11) is 0. The van der Waals surface area contributed by atoms with Gasteiger partial charge in [0.25, 0.3) is 5.91 Å². The van der Waals surface area contributed by atoms with Crippen LogP contribution in [-0.2, 0) is 29.7 Å². The van der Waals surface area contributed by atoms with Crippen LogP contribution in [-0.4, -0.2) is 79.3 Å². The summed E-state index contributed by atoms with van der Waals surface area (Å²) in [6.07, 6.45) is 4.34. The minimum Gasteiger partial charge on any atom is -0.378 e. The number of hydrogen-bond acceptors (Lipinski definition) is 7. The lowest BCUT2D eigenvalue weighted by Crippen LogP contribution is -2.49. The van der Waals surface area contributed by atoms with Gasteiger partial charge >= 0.3 is 6.03 Å². The van der Waals surface area contributed by atoms with Crippen LogP contribution in [0.5, 0.6) is 0 Å². The maximum absolute atomic E-state index is 13.1. The topological polar surface area (TPSA) is 118 Å². The maximum atomic E-state index is 13.1. The number of fused-ring (bicyclic) bond motifs is 2. The van der Waals surface area contributed by atoms with Crippen LogP contribution >= 0.6 is 0 Å². The van der Waals surface area contributed by atoms with Gasteiger partial charge in [-0.25, -0.2) is 9.78 Å². The molecule has 1 fully saturated rings. The van der Waals surface area contributed by atoms with Crippen LogP contribution in [0.2, 0.25) is 0 Å². The number of aryl methyl sites for hydroxylation is 1. The molecule has 0 aliphatic carbocycles. The Labute approximate surface area is 214 Å². The third-order valence-electron chi connectivity index (χ3n) is 7.40. The van der Waals surface area contributed by atoms with Crippen molar-refractivity contribution in [3.05, 3.63) is 53.1 Å². The first-order valence-electron chi connectivity index (χ1n) is 12.7. The highest BCUT2D eigenvalue weighted by molar-refractivity contribution is 6.02. The van der Waals surface area contributed by atoms with Crippen molar-refractivity contribution in [2.24, 2.45) is 0 Å². The predicted molar refractivity (Wildman–Crippen MR) is 135 cm³/mol. The Kier molecular flexibility index (Phi) is 5.86. The first kappa shape index (κ1) is 23.5. The second kappa shape index (κ2) is 9.22. The Morgan fingerprint density at radius 2 is 1.86 bits per heavy atom. The third-order valence-corrected chi connectivity index (χ3v) is 7.40. The number of carbonyl (C=O) groups is 2. The van der Waals surface area contributed by atoms with Crippen molar-refractivity contribution in [1.82, 2.24) is 34.5 Å². The number of urea groups is 1. The van der Waals surface area contributed by atoms with Gasteiger partial charge in [-0.05, 0) is 56.0 Å². The molecule has 11 heteroatoms. The van der Waals surface area contributed by atoms with Gasteiger partial charge in [-0.1, -0.05) is 6.07 Å². The molecule has 11 nitrogen and oxygen atoms in total. The molecule has 3 aliphatic rings. The molecule has 3 aliphatic heterocycles. The molecular weight excluding hydrogens is 472 g/mol. The van der Waals surface area contributed by atoms with E-state index in [2.05, 4.69) is 43.9 Å². The highest BCUT2D eigenvalue weighted by atomic mass is 16.5. The average molecular weight is 503 g/mol. The monoisotopic (exact) mass is 502 g/mol. The lowest BCUT2D eigenvalue weighted by molar-refractivity contribution is 0.0421. The Morgan fingerprint density at radius 1 is 1.03 bits per heavy atom. The molecule has 3 aromatic rings. The van der Waals surface area contributed by atoms with Gasteiger partial charge in [-0.3, -0.25) is 9.78 Å². The summed E-state index contributed by atoms with van der Waals surface area (Å²) in [4.78, 5) is 38.7. The van der Waals surface area contributed by atoms with Gasteiger partial charge in [-0.2, -0.15) is 0 Å². The fraction of sp³-hybridized carbons (Fsp3) is 0.462. The number of rotatable bonds is 3. The summed E-state index contributed by atoms with van der Waals surface area (Å²) in [5.41, 5.74) is 2.86. The van der Waals surface area contributed by atoms with Gasteiger partial charge in [0.2, 0.25) is 0 Å². The molecule has 37 heavy (non-hydrogen) atoms. The molecule has 3 aromatic heterocycles. The zero-order chi connectivity index (χ0) is 25.6. The number of hydrogen-bond donors (Lipinski definition) is 1. The molecule has 0 spiro atoms. The van der Waals surface area contributed by atoms with E-state index in [1.807, 2.05) is 21.9 Å². The standard InChI is InChI=1S/C26H30N8O3/c1-26(2)8-6-22-30-31-23(34(22)26)19-4-3-5-21(28-19)29-24(35)20-14-18-16-33(9-7-17(18)15-27-20)25(36)32-10-12-37-13-11-32/h3-5,14-15H,6-13,16H2,1-2H3,(H,28,29,35). The summed E-state index contributed by atoms with van der Waals surface area (Å²) in [5, 5.41) is 11.6. The van der Waals surface area contributed by atoms with Gasteiger partial charge in [0.1, 0.15) is 23.0 Å². The van der Waals surface area contributed by atoms with E-state index in [0.717, 1.165) is 29.8 Å². The number of pyridine rings is 2. The van der Waals surface area contributed by atoms with Crippen LogP contribution < -0.4 is 5.32 Å². The van der Waals surface area contributed by atoms with E-state index < -0.39 is 0 Å². The van der Waals surface area contributed by atoms with Crippen LogP contribution in [0.3, 0.4) is 0 Å². The smallest absolute Gasteiger partial charge is 0.320 e. The van der Waals surface area contributed by atoms with Crippen molar-refractivity contribution < 1.29 is 14.3 Å². The van der Waals surface area contributed by atoms with Gasteiger partial charge in [0.15, 0.2) is 5.82 Å². The Balaban J connectivity index is 1.18. The molecule has 0 bridgehead atoms. The normalized spacial score (nSPS) is 18.3. The second-order valence-electron chi connectivity index (χ2n) is 10.3. The van der Waals surface area contributed by atoms with Gasteiger partial charge in [-0.15, -0.1) is 10.2 Å². The molecule has 0 radical (unpaired) electrons. The molecule has 6 heterocycles. The Hall–Kier alpha value is -3.86. The van der Waals surface area contributed by atoms with E-state index in [1.54, 1.807) is 18.3 Å². The van der Waals surface area contributed by atoms with Crippen molar-refractivity contribution in [3.8, 4) is 11.5 Å². The highest BCUT2D eigenvalue weighted by Gasteiger charge is 2.34. The van der Waals surface area contributed by atoms with E-state index in [4.69, 9.17) is 4.74 Å². The molecule has 0 atom stereocenters. The molecule has 0 aromatic carbocycles. The van der Waals surface area contributed by atoms with Crippen LogP contribution in [0.15, 0.2) is 30.5 Å². The molecule has 1 saturated heterocycles. The fourth-order valence-corrected chi connectivity index (χ4v) is 5.30. The number of anilines is 1. The van der Waals surface area contributed by atoms with Crippen LogP contribution in [0.25, 0.3) is 11.5 Å². The van der Waals surface area contributed by atoms with Crippen molar-refractivity contribution >= 4 is 17.8 Å². The van der Waals surface area contributed by atoms with Crippen molar-refractivity contribution in [2.75, 3.05) is 38.2 Å². The molecule has 1 N–H and O–H groups in total. The number of amides is 3. The molecule has 0 saturated carbocycles. The van der Waals surface area contributed by atoms with E-state index in [-0.39, 0.29) is 23.2 Å². The van der Waals surface area contributed by atoms with Crippen molar-refractivity contribution in [1.29, 1.82) is 0 Å². The SMILES string of the molecule is CC1(C)CCc2nnc(-c3cccc(NC(=O)c4cc5c(cn4)CCN(C(=O)N4CCOCC4)C5)n3)n21. The predicted octanol–water partition coefficient (Wildman–Crippen LogP) is 2.48. The number of nitrogens with zero attached hydrogens (tertiary/aromatic N) is 7. The number of nitrogens with one attached hydrogen (secondary N) is 1. The fourth-order valence-electron chi connectivity index (χ4n) is 5.30. The first-order chi connectivity index (χ1) is 17.9. The highest BCUT2D eigenvalue weighted by Crippen LogP contribution is 2.35. The Morgan fingerprint density at radius 3 is 2.70 bits per heavy atom. The van der Waals surface area contributed by atoms with Crippen molar-refractivity contribution in [3.63, 3.8) is 0 Å². The zero-order valence-corrected chi connectivity index (χ0v) is 21.1. The number of ether oxygens (including phenoxy) is 1. The minimum atomic E-state index is -0.351. The zero-order valence-electron chi connectivity index (χ0n) is 21.1. The number of carbonyl (C=O) groups excluding carboxylic acids is 2. The van der Waals surface area contributed by atoms with Gasteiger partial charge < -0.3 is 24.4 Å². The summed E-state index contributed by atoms with van der Waals surface area (Å²) in [5.74, 6) is 1.72. The van der Waals surface area contributed by atoms with Crippen LogP contribution in [0, 0.1) is 0 Å².